The molecule has 0 aliphatic carbocycles. The SMILES string of the molecule is Cc1c(O)cc2c(c1O)C(c1ccccc1)=C(C(=O)C=Cc1ccccc1)C(O)O2. The van der Waals surface area contributed by atoms with Gasteiger partial charge >= 0.3 is 0 Å². The highest BCUT2D eigenvalue weighted by molar-refractivity contribution is 6.15. The van der Waals surface area contributed by atoms with Crippen molar-refractivity contribution in [2.24, 2.45) is 0 Å². The molecule has 1 aliphatic heterocycles. The fraction of sp³-hybridized carbons (Fsp3) is 0.0800. The number of hydrogen-bond acceptors (Lipinski definition) is 5. The number of ether oxygens (including phenoxy) is 1. The van der Waals surface area contributed by atoms with Crippen LogP contribution in [0.5, 0.6) is 17.2 Å². The lowest BCUT2D eigenvalue weighted by atomic mass is 9.86. The van der Waals surface area contributed by atoms with Crippen LogP contribution in [0.4, 0.5) is 0 Å². The quantitative estimate of drug-likeness (QED) is 0.572. The van der Waals surface area contributed by atoms with Gasteiger partial charge in [-0.25, -0.2) is 0 Å². The van der Waals surface area contributed by atoms with Gasteiger partial charge in [-0.15, -0.1) is 0 Å². The van der Waals surface area contributed by atoms with Crippen molar-refractivity contribution in [2.45, 2.75) is 13.2 Å². The zero-order valence-corrected chi connectivity index (χ0v) is 16.2. The lowest BCUT2D eigenvalue weighted by Crippen LogP contribution is -2.28. The Kier molecular flexibility index (Phi) is 5.12. The molecule has 1 unspecified atom stereocenters. The number of ketones is 1. The molecule has 3 N–H and O–H groups in total. The Bertz CT molecular complexity index is 1160. The van der Waals surface area contributed by atoms with E-state index in [1.807, 2.05) is 36.4 Å². The van der Waals surface area contributed by atoms with Gasteiger partial charge in [0.2, 0.25) is 6.29 Å². The maximum atomic E-state index is 13.1. The molecule has 1 atom stereocenters. The smallest absolute Gasteiger partial charge is 0.228 e. The van der Waals surface area contributed by atoms with E-state index in [0.717, 1.165) is 5.56 Å². The highest BCUT2D eigenvalue weighted by atomic mass is 16.6. The topological polar surface area (TPSA) is 87.0 Å². The summed E-state index contributed by atoms with van der Waals surface area (Å²) in [7, 11) is 0. The minimum absolute atomic E-state index is 0.0151. The first kappa shape index (κ1) is 19.5. The number of allylic oxidation sites excluding steroid dienone is 1. The molecule has 0 saturated carbocycles. The van der Waals surface area contributed by atoms with Crippen molar-refractivity contribution in [2.75, 3.05) is 0 Å². The molecule has 0 spiro atoms. The molecule has 3 aromatic carbocycles. The van der Waals surface area contributed by atoms with Gasteiger partial charge in [0, 0.05) is 17.2 Å². The Hall–Kier alpha value is -3.83. The van der Waals surface area contributed by atoms with Crippen molar-refractivity contribution < 1.29 is 24.9 Å². The van der Waals surface area contributed by atoms with Crippen LogP contribution >= 0.6 is 0 Å². The van der Waals surface area contributed by atoms with Crippen molar-refractivity contribution in [1.29, 1.82) is 0 Å². The van der Waals surface area contributed by atoms with Crippen LogP contribution in [0.2, 0.25) is 0 Å². The monoisotopic (exact) mass is 400 g/mol. The number of hydrogen-bond donors (Lipinski definition) is 3. The van der Waals surface area contributed by atoms with Gasteiger partial charge in [-0.05, 0) is 24.1 Å². The summed E-state index contributed by atoms with van der Waals surface area (Å²) in [6.07, 6.45) is 1.47. The lowest BCUT2D eigenvalue weighted by Gasteiger charge is -2.28. The third-order valence-corrected chi connectivity index (χ3v) is 5.05. The summed E-state index contributed by atoms with van der Waals surface area (Å²) in [4.78, 5) is 13.1. The molecule has 0 radical (unpaired) electrons. The first-order valence-corrected chi connectivity index (χ1v) is 9.45. The number of aliphatic hydroxyl groups excluding tert-OH is 1. The van der Waals surface area contributed by atoms with E-state index in [1.54, 1.807) is 37.3 Å². The van der Waals surface area contributed by atoms with Crippen molar-refractivity contribution in [1.82, 2.24) is 0 Å². The lowest BCUT2D eigenvalue weighted by molar-refractivity contribution is -0.114. The summed E-state index contributed by atoms with van der Waals surface area (Å²) in [6, 6.07) is 19.7. The summed E-state index contributed by atoms with van der Waals surface area (Å²) in [5.41, 5.74) is 2.38. The Morgan fingerprint density at radius 2 is 1.63 bits per heavy atom. The molecule has 1 heterocycles. The number of aliphatic hydroxyl groups is 1. The Morgan fingerprint density at radius 3 is 2.30 bits per heavy atom. The Balaban J connectivity index is 1.93. The second-order valence-corrected chi connectivity index (χ2v) is 6.98. The van der Waals surface area contributed by atoms with E-state index >= 15 is 0 Å². The van der Waals surface area contributed by atoms with E-state index in [2.05, 4.69) is 0 Å². The Morgan fingerprint density at radius 1 is 1.00 bits per heavy atom. The maximum Gasteiger partial charge on any atom is 0.228 e. The van der Waals surface area contributed by atoms with Crippen molar-refractivity contribution in [3.63, 3.8) is 0 Å². The average Bonchev–Trinajstić information content (AvgIpc) is 2.76. The molecule has 0 bridgehead atoms. The Labute approximate surface area is 173 Å². The summed E-state index contributed by atoms with van der Waals surface area (Å²) >= 11 is 0. The molecule has 0 fully saturated rings. The largest absolute Gasteiger partial charge is 0.507 e. The average molecular weight is 400 g/mol. The second-order valence-electron chi connectivity index (χ2n) is 6.98. The van der Waals surface area contributed by atoms with Crippen LogP contribution in [0.1, 0.15) is 22.3 Å². The van der Waals surface area contributed by atoms with Crippen LogP contribution in [-0.2, 0) is 4.79 Å². The van der Waals surface area contributed by atoms with E-state index < -0.39 is 12.1 Å². The van der Waals surface area contributed by atoms with Gasteiger partial charge in [-0.3, -0.25) is 4.79 Å². The standard InChI is InChI=1S/C25H20O5/c1-15-19(27)14-20-23(24(15)28)21(17-10-6-3-7-11-17)22(25(29)30-20)18(26)13-12-16-8-4-2-5-9-16/h2-14,25,27-29H,1H3. The van der Waals surface area contributed by atoms with Gasteiger partial charge in [-0.2, -0.15) is 0 Å². The predicted octanol–water partition coefficient (Wildman–Crippen LogP) is 4.20. The molecule has 0 amide bonds. The van der Waals surface area contributed by atoms with Crippen molar-refractivity contribution >= 4 is 17.4 Å². The molecule has 1 aliphatic rings. The number of carbonyl (C=O) groups excluding carboxylic acids is 1. The fourth-order valence-electron chi connectivity index (χ4n) is 3.48. The number of rotatable bonds is 4. The van der Waals surface area contributed by atoms with Crippen LogP contribution in [-0.4, -0.2) is 27.4 Å². The van der Waals surface area contributed by atoms with E-state index in [4.69, 9.17) is 4.74 Å². The highest BCUT2D eigenvalue weighted by Gasteiger charge is 2.34. The summed E-state index contributed by atoms with van der Waals surface area (Å²) in [5.74, 6) is -0.704. The summed E-state index contributed by atoms with van der Waals surface area (Å²) < 4.78 is 5.51. The van der Waals surface area contributed by atoms with E-state index in [-0.39, 0.29) is 33.9 Å². The van der Waals surface area contributed by atoms with Crippen LogP contribution in [0, 0.1) is 6.92 Å². The van der Waals surface area contributed by atoms with Crippen molar-refractivity contribution in [3.05, 3.63) is 101 Å². The van der Waals surface area contributed by atoms with E-state index in [1.165, 1.54) is 12.1 Å². The number of phenolic OH excluding ortho intramolecular Hbond substituents is 2. The zero-order valence-electron chi connectivity index (χ0n) is 16.2. The number of carbonyl (C=O) groups is 1. The van der Waals surface area contributed by atoms with Gasteiger partial charge in [0.1, 0.15) is 17.2 Å². The summed E-state index contributed by atoms with van der Waals surface area (Å²) in [5, 5.41) is 31.5. The first-order chi connectivity index (χ1) is 14.5. The van der Waals surface area contributed by atoms with Crippen LogP contribution < -0.4 is 4.74 Å². The third kappa shape index (κ3) is 3.47. The molecule has 5 nitrogen and oxygen atoms in total. The minimum Gasteiger partial charge on any atom is -0.507 e. The number of aromatic hydroxyl groups is 2. The van der Waals surface area contributed by atoms with Gasteiger partial charge in [-0.1, -0.05) is 66.7 Å². The van der Waals surface area contributed by atoms with Gasteiger partial charge < -0.3 is 20.1 Å². The molecule has 4 rings (SSSR count). The van der Waals surface area contributed by atoms with Gasteiger partial charge in [0.15, 0.2) is 5.78 Å². The molecule has 3 aromatic rings. The number of fused-ring (bicyclic) bond motifs is 1. The van der Waals surface area contributed by atoms with Gasteiger partial charge in [0.05, 0.1) is 11.1 Å². The molecule has 150 valence electrons. The van der Waals surface area contributed by atoms with Crippen LogP contribution in [0.25, 0.3) is 11.6 Å². The van der Waals surface area contributed by atoms with Gasteiger partial charge in [0.25, 0.3) is 0 Å². The zero-order chi connectivity index (χ0) is 21.3. The fourth-order valence-corrected chi connectivity index (χ4v) is 3.48. The molecule has 0 saturated heterocycles. The van der Waals surface area contributed by atoms with Crippen LogP contribution in [0.3, 0.4) is 0 Å². The van der Waals surface area contributed by atoms with E-state index in [9.17, 15) is 20.1 Å². The molecule has 5 heteroatoms. The first-order valence-electron chi connectivity index (χ1n) is 9.45. The van der Waals surface area contributed by atoms with Crippen molar-refractivity contribution in [3.8, 4) is 17.2 Å². The van der Waals surface area contributed by atoms with E-state index in [0.29, 0.717) is 11.1 Å². The minimum atomic E-state index is -1.55. The second kappa shape index (κ2) is 7.89. The third-order valence-electron chi connectivity index (χ3n) is 5.05. The normalized spacial score (nSPS) is 15.7. The highest BCUT2D eigenvalue weighted by Crippen LogP contribution is 2.48. The van der Waals surface area contributed by atoms with Crippen LogP contribution in [0.15, 0.2) is 78.4 Å². The summed E-state index contributed by atoms with van der Waals surface area (Å²) in [6.45, 7) is 1.56. The maximum absolute atomic E-state index is 13.1. The predicted molar refractivity (Wildman–Crippen MR) is 114 cm³/mol. The molecular weight excluding hydrogens is 380 g/mol. The molecule has 0 aromatic heterocycles. The number of benzene rings is 3. The number of phenols is 2. The molecular formula is C25H20O5. The molecule has 30 heavy (non-hydrogen) atoms.